The Hall–Kier alpha value is -1.33. The van der Waals surface area contributed by atoms with Gasteiger partial charge >= 0.3 is 5.97 Å². The summed E-state index contributed by atoms with van der Waals surface area (Å²) in [6, 6.07) is 1.55. The normalized spacial score (nSPS) is 11.8. The molecule has 1 rings (SSSR count). The second kappa shape index (κ2) is 5.33. The standard InChI is InChI=1S/C12H19NO4/c1-8-9(5-10(17-8)11(14)15)6-13-12(2,3)7-16-4/h5,13H,6-7H2,1-4H3,(H,14,15). The predicted octanol–water partition coefficient (Wildman–Crippen LogP) is 1.80. The van der Waals surface area contributed by atoms with Crippen LogP contribution in [0.3, 0.4) is 0 Å². The van der Waals surface area contributed by atoms with Crippen molar-refractivity contribution >= 4 is 5.97 Å². The summed E-state index contributed by atoms with van der Waals surface area (Å²) in [5.74, 6) is -0.442. The van der Waals surface area contributed by atoms with Crippen LogP contribution in [0.5, 0.6) is 0 Å². The molecule has 1 heterocycles. The van der Waals surface area contributed by atoms with Crippen LogP contribution >= 0.6 is 0 Å². The van der Waals surface area contributed by atoms with Crippen molar-refractivity contribution < 1.29 is 19.1 Å². The van der Waals surface area contributed by atoms with E-state index in [0.29, 0.717) is 18.9 Å². The van der Waals surface area contributed by atoms with Gasteiger partial charge in [-0.15, -0.1) is 0 Å². The molecule has 1 aromatic rings. The highest BCUT2D eigenvalue weighted by Gasteiger charge is 2.19. The molecule has 0 atom stereocenters. The lowest BCUT2D eigenvalue weighted by Crippen LogP contribution is -2.42. The zero-order valence-electron chi connectivity index (χ0n) is 10.7. The Kier molecular flexibility index (Phi) is 4.31. The van der Waals surface area contributed by atoms with E-state index in [1.807, 2.05) is 13.8 Å². The molecule has 96 valence electrons. The molecule has 1 aromatic heterocycles. The van der Waals surface area contributed by atoms with E-state index in [1.165, 1.54) is 0 Å². The van der Waals surface area contributed by atoms with Gasteiger partial charge < -0.3 is 19.6 Å². The summed E-state index contributed by atoms with van der Waals surface area (Å²) < 4.78 is 10.2. The third-order valence-electron chi connectivity index (χ3n) is 2.49. The average molecular weight is 241 g/mol. The largest absolute Gasteiger partial charge is 0.475 e. The van der Waals surface area contributed by atoms with Gasteiger partial charge in [0.1, 0.15) is 5.76 Å². The fourth-order valence-corrected chi connectivity index (χ4v) is 1.55. The summed E-state index contributed by atoms with van der Waals surface area (Å²) in [6.45, 7) is 6.93. The number of carbonyl (C=O) groups is 1. The molecule has 17 heavy (non-hydrogen) atoms. The van der Waals surface area contributed by atoms with Crippen LogP contribution in [-0.2, 0) is 11.3 Å². The molecule has 0 aromatic carbocycles. The van der Waals surface area contributed by atoms with E-state index in [1.54, 1.807) is 20.1 Å². The van der Waals surface area contributed by atoms with Gasteiger partial charge in [0, 0.05) is 24.8 Å². The minimum atomic E-state index is -1.05. The maximum Gasteiger partial charge on any atom is 0.371 e. The van der Waals surface area contributed by atoms with Gasteiger partial charge in [-0.05, 0) is 26.8 Å². The molecule has 0 saturated carbocycles. The molecule has 0 spiro atoms. The first-order valence-electron chi connectivity index (χ1n) is 5.42. The smallest absolute Gasteiger partial charge is 0.371 e. The predicted molar refractivity (Wildman–Crippen MR) is 63.2 cm³/mol. The lowest BCUT2D eigenvalue weighted by atomic mass is 10.1. The zero-order valence-corrected chi connectivity index (χ0v) is 10.7. The number of nitrogens with one attached hydrogen (secondary N) is 1. The Morgan fingerprint density at radius 2 is 2.24 bits per heavy atom. The minimum Gasteiger partial charge on any atom is -0.475 e. The number of methoxy groups -OCH3 is 1. The summed E-state index contributed by atoms with van der Waals surface area (Å²) in [7, 11) is 1.65. The maximum absolute atomic E-state index is 10.7. The van der Waals surface area contributed by atoms with E-state index in [0.717, 1.165) is 5.56 Å². The number of carboxylic acids is 1. The molecule has 0 aliphatic heterocycles. The highest BCUT2D eigenvalue weighted by molar-refractivity contribution is 5.84. The third kappa shape index (κ3) is 3.87. The Morgan fingerprint density at radius 3 is 2.71 bits per heavy atom. The first-order chi connectivity index (χ1) is 7.85. The third-order valence-corrected chi connectivity index (χ3v) is 2.49. The van der Waals surface area contributed by atoms with Crippen LogP contribution in [0.2, 0.25) is 0 Å². The molecule has 0 fully saturated rings. The van der Waals surface area contributed by atoms with E-state index < -0.39 is 5.97 Å². The van der Waals surface area contributed by atoms with Crippen molar-refractivity contribution in [1.29, 1.82) is 0 Å². The molecular formula is C12H19NO4. The fraction of sp³-hybridized carbons (Fsp3) is 0.583. The van der Waals surface area contributed by atoms with Gasteiger partial charge in [0.2, 0.25) is 5.76 Å². The number of hydrogen-bond acceptors (Lipinski definition) is 4. The SMILES string of the molecule is COCC(C)(C)NCc1cc(C(=O)O)oc1C. The Bertz CT molecular complexity index is 395. The van der Waals surface area contributed by atoms with Gasteiger partial charge in [0.25, 0.3) is 0 Å². The number of aromatic carboxylic acids is 1. The van der Waals surface area contributed by atoms with Crippen molar-refractivity contribution in [3.05, 3.63) is 23.2 Å². The maximum atomic E-state index is 10.7. The first kappa shape index (κ1) is 13.7. The number of ether oxygens (including phenoxy) is 1. The van der Waals surface area contributed by atoms with Crippen LogP contribution in [0.1, 0.15) is 35.7 Å². The van der Waals surface area contributed by atoms with Crippen LogP contribution in [0.4, 0.5) is 0 Å². The molecule has 5 nitrogen and oxygen atoms in total. The van der Waals surface area contributed by atoms with Crippen molar-refractivity contribution in [2.75, 3.05) is 13.7 Å². The van der Waals surface area contributed by atoms with Gasteiger partial charge in [-0.3, -0.25) is 0 Å². The van der Waals surface area contributed by atoms with Crippen molar-refractivity contribution in [1.82, 2.24) is 5.32 Å². The van der Waals surface area contributed by atoms with Crippen molar-refractivity contribution in [3.63, 3.8) is 0 Å². The van der Waals surface area contributed by atoms with Gasteiger partial charge in [-0.2, -0.15) is 0 Å². The average Bonchev–Trinajstić information content (AvgIpc) is 2.57. The molecule has 0 radical (unpaired) electrons. The molecule has 5 heteroatoms. The number of aryl methyl sites for hydroxylation is 1. The van der Waals surface area contributed by atoms with Crippen LogP contribution in [-0.4, -0.2) is 30.3 Å². The van der Waals surface area contributed by atoms with E-state index in [2.05, 4.69) is 5.32 Å². The molecule has 0 saturated heterocycles. The molecule has 0 bridgehead atoms. The molecular weight excluding hydrogens is 222 g/mol. The van der Waals surface area contributed by atoms with E-state index in [9.17, 15) is 4.79 Å². The lowest BCUT2D eigenvalue weighted by molar-refractivity contribution is 0.0661. The van der Waals surface area contributed by atoms with Gasteiger partial charge in [0.05, 0.1) is 6.61 Å². The van der Waals surface area contributed by atoms with Gasteiger partial charge in [-0.25, -0.2) is 4.79 Å². The van der Waals surface area contributed by atoms with Crippen molar-refractivity contribution in [3.8, 4) is 0 Å². The number of hydrogen-bond donors (Lipinski definition) is 2. The molecule has 2 N–H and O–H groups in total. The van der Waals surface area contributed by atoms with Crippen LogP contribution in [0, 0.1) is 6.92 Å². The van der Waals surface area contributed by atoms with E-state index in [4.69, 9.17) is 14.3 Å². The molecule has 0 amide bonds. The number of furan rings is 1. The van der Waals surface area contributed by atoms with Gasteiger partial charge in [-0.1, -0.05) is 0 Å². The summed E-state index contributed by atoms with van der Waals surface area (Å²) >= 11 is 0. The Balaban J connectivity index is 2.66. The second-order valence-corrected chi connectivity index (χ2v) is 4.67. The number of carboxylic acid groups (broad SMARTS) is 1. The molecule has 0 aliphatic carbocycles. The van der Waals surface area contributed by atoms with Crippen LogP contribution in [0.15, 0.2) is 10.5 Å². The highest BCUT2D eigenvalue weighted by atomic mass is 16.5. The van der Waals surface area contributed by atoms with Gasteiger partial charge in [0.15, 0.2) is 0 Å². The van der Waals surface area contributed by atoms with Crippen LogP contribution in [0.25, 0.3) is 0 Å². The minimum absolute atomic E-state index is 0.0242. The monoisotopic (exact) mass is 241 g/mol. The fourth-order valence-electron chi connectivity index (χ4n) is 1.55. The molecule has 0 unspecified atom stereocenters. The number of rotatable bonds is 6. The van der Waals surface area contributed by atoms with Crippen LogP contribution < -0.4 is 5.32 Å². The first-order valence-corrected chi connectivity index (χ1v) is 5.42. The van der Waals surface area contributed by atoms with Crippen molar-refractivity contribution in [2.45, 2.75) is 32.9 Å². The summed E-state index contributed by atoms with van der Waals surface area (Å²) in [5.41, 5.74) is 0.688. The zero-order chi connectivity index (χ0) is 13.1. The van der Waals surface area contributed by atoms with E-state index >= 15 is 0 Å². The van der Waals surface area contributed by atoms with Crippen molar-refractivity contribution in [2.24, 2.45) is 0 Å². The molecule has 0 aliphatic rings. The topological polar surface area (TPSA) is 71.7 Å². The lowest BCUT2D eigenvalue weighted by Gasteiger charge is -2.25. The quantitative estimate of drug-likeness (QED) is 0.794. The Labute approximate surface area is 101 Å². The van der Waals surface area contributed by atoms with E-state index in [-0.39, 0.29) is 11.3 Å². The summed E-state index contributed by atoms with van der Waals surface area (Å²) in [5, 5.41) is 12.1. The Morgan fingerprint density at radius 1 is 1.59 bits per heavy atom. The summed E-state index contributed by atoms with van der Waals surface area (Å²) in [4.78, 5) is 10.7. The second-order valence-electron chi connectivity index (χ2n) is 4.67. The highest BCUT2D eigenvalue weighted by Crippen LogP contribution is 2.15. The summed E-state index contributed by atoms with van der Waals surface area (Å²) in [6.07, 6.45) is 0.